The van der Waals surface area contributed by atoms with E-state index >= 15 is 0 Å². The van der Waals surface area contributed by atoms with Crippen LogP contribution in [0.15, 0.2) is 54.9 Å². The Labute approximate surface area is 121 Å². The molecule has 0 spiro atoms. The molecule has 1 aromatic heterocycles. The van der Waals surface area contributed by atoms with Crippen LogP contribution in [0.3, 0.4) is 0 Å². The van der Waals surface area contributed by atoms with Crippen LogP contribution < -0.4 is 5.73 Å². The molecule has 0 aliphatic heterocycles. The maximum atomic E-state index is 13.8. The highest BCUT2D eigenvalue weighted by Crippen LogP contribution is 2.29. The molecule has 2 aromatic carbocycles. The lowest BCUT2D eigenvalue weighted by Gasteiger charge is -2.15. The van der Waals surface area contributed by atoms with Crippen LogP contribution >= 0.6 is 0 Å². The van der Waals surface area contributed by atoms with E-state index in [2.05, 4.69) is 4.98 Å². The minimum atomic E-state index is -0.762. The number of aliphatic hydroxyl groups is 1. The summed E-state index contributed by atoms with van der Waals surface area (Å²) in [5, 5.41) is 11.7. The van der Waals surface area contributed by atoms with Crippen molar-refractivity contribution in [1.82, 2.24) is 4.98 Å². The van der Waals surface area contributed by atoms with E-state index in [-0.39, 0.29) is 5.82 Å². The fourth-order valence-corrected chi connectivity index (χ4v) is 2.50. The van der Waals surface area contributed by atoms with Crippen molar-refractivity contribution in [1.29, 1.82) is 0 Å². The normalized spacial score (nSPS) is 12.5. The van der Waals surface area contributed by atoms with Gasteiger partial charge >= 0.3 is 0 Å². The van der Waals surface area contributed by atoms with E-state index in [0.717, 1.165) is 5.56 Å². The second-order valence-corrected chi connectivity index (χ2v) is 4.98. The van der Waals surface area contributed by atoms with Crippen molar-refractivity contribution in [3.63, 3.8) is 0 Å². The monoisotopic (exact) mass is 282 g/mol. The predicted molar refractivity (Wildman–Crippen MR) is 81.2 cm³/mol. The van der Waals surface area contributed by atoms with E-state index in [0.29, 0.717) is 28.4 Å². The van der Waals surface area contributed by atoms with Crippen LogP contribution in [0, 0.1) is 5.82 Å². The number of anilines is 1. The predicted octanol–water partition coefficient (Wildman–Crippen LogP) is 3.23. The molecule has 0 aliphatic rings. The van der Waals surface area contributed by atoms with Crippen LogP contribution in [0.25, 0.3) is 10.8 Å². The summed E-state index contributed by atoms with van der Waals surface area (Å²) in [7, 11) is 0. The van der Waals surface area contributed by atoms with Crippen molar-refractivity contribution in [2.45, 2.75) is 12.5 Å². The number of nitrogens with zero attached hydrogens (tertiary/aromatic N) is 1. The highest BCUT2D eigenvalue weighted by atomic mass is 19.1. The zero-order chi connectivity index (χ0) is 14.8. The Kier molecular flexibility index (Phi) is 3.54. The van der Waals surface area contributed by atoms with Gasteiger partial charge in [0.2, 0.25) is 0 Å². The lowest BCUT2D eigenvalue weighted by Crippen LogP contribution is -2.05. The van der Waals surface area contributed by atoms with Gasteiger partial charge in [-0.05, 0) is 28.6 Å². The number of fused-ring (bicyclic) bond motifs is 1. The first kappa shape index (κ1) is 13.5. The van der Waals surface area contributed by atoms with Crippen molar-refractivity contribution in [2.24, 2.45) is 0 Å². The molecule has 0 fully saturated rings. The molecule has 1 atom stereocenters. The molecule has 21 heavy (non-hydrogen) atoms. The zero-order valence-corrected chi connectivity index (χ0v) is 11.3. The van der Waals surface area contributed by atoms with Gasteiger partial charge in [-0.15, -0.1) is 0 Å². The minimum absolute atomic E-state index is 0.289. The van der Waals surface area contributed by atoms with Crippen molar-refractivity contribution >= 4 is 16.5 Å². The Morgan fingerprint density at radius 1 is 1.10 bits per heavy atom. The lowest BCUT2D eigenvalue weighted by atomic mass is 9.96. The van der Waals surface area contributed by atoms with E-state index in [1.165, 1.54) is 6.07 Å². The minimum Gasteiger partial charge on any atom is -0.398 e. The van der Waals surface area contributed by atoms with Gasteiger partial charge in [-0.1, -0.05) is 30.3 Å². The number of pyridine rings is 1. The van der Waals surface area contributed by atoms with Crippen LogP contribution in [0.4, 0.5) is 10.1 Å². The fourth-order valence-electron chi connectivity index (χ4n) is 2.50. The SMILES string of the molecule is Nc1ccncc1CC(O)c1ccc(F)c2ccccc12. The molecule has 3 rings (SSSR count). The summed E-state index contributed by atoms with van der Waals surface area (Å²) in [5.74, 6) is -0.289. The number of nitrogens with two attached hydrogens (primary N) is 1. The summed E-state index contributed by atoms with van der Waals surface area (Å²) < 4.78 is 13.8. The average Bonchev–Trinajstić information content (AvgIpc) is 2.50. The van der Waals surface area contributed by atoms with E-state index < -0.39 is 6.10 Å². The van der Waals surface area contributed by atoms with Crippen molar-refractivity contribution in [3.05, 3.63) is 71.8 Å². The average molecular weight is 282 g/mol. The molecule has 0 bridgehead atoms. The fraction of sp³-hybridized carbons (Fsp3) is 0.118. The van der Waals surface area contributed by atoms with Crippen LogP contribution in [0.5, 0.6) is 0 Å². The number of benzene rings is 2. The van der Waals surface area contributed by atoms with Gasteiger partial charge in [0.1, 0.15) is 5.82 Å². The molecule has 4 heteroatoms. The Balaban J connectivity index is 2.01. The third kappa shape index (κ3) is 2.58. The summed E-state index contributed by atoms with van der Waals surface area (Å²) in [5.41, 5.74) is 7.93. The molecule has 0 saturated heterocycles. The summed E-state index contributed by atoms with van der Waals surface area (Å²) >= 11 is 0. The third-order valence-electron chi connectivity index (χ3n) is 3.62. The molecule has 1 heterocycles. The molecule has 1 unspecified atom stereocenters. The molecule has 0 aliphatic carbocycles. The summed E-state index contributed by atoms with van der Waals surface area (Å²) in [6, 6.07) is 11.8. The lowest BCUT2D eigenvalue weighted by molar-refractivity contribution is 0.180. The maximum absolute atomic E-state index is 13.8. The molecule has 3 nitrogen and oxygen atoms in total. The third-order valence-corrected chi connectivity index (χ3v) is 3.62. The molecule has 106 valence electrons. The van der Waals surface area contributed by atoms with Crippen LogP contribution in [-0.4, -0.2) is 10.1 Å². The maximum Gasteiger partial charge on any atom is 0.131 e. The molecule has 3 N–H and O–H groups in total. The van der Waals surface area contributed by atoms with Gasteiger partial charge in [-0.2, -0.15) is 0 Å². The van der Waals surface area contributed by atoms with Crippen LogP contribution in [0.1, 0.15) is 17.2 Å². The molecular weight excluding hydrogens is 267 g/mol. The van der Waals surface area contributed by atoms with E-state index in [1.807, 2.05) is 12.1 Å². The van der Waals surface area contributed by atoms with Gasteiger partial charge in [-0.25, -0.2) is 4.39 Å². The Hall–Kier alpha value is -2.46. The van der Waals surface area contributed by atoms with Gasteiger partial charge in [-0.3, -0.25) is 4.98 Å². The van der Waals surface area contributed by atoms with E-state index in [1.54, 1.807) is 36.7 Å². The molecule has 3 aromatic rings. The first-order valence-electron chi connectivity index (χ1n) is 6.70. The quantitative estimate of drug-likeness (QED) is 0.775. The number of hydrogen-bond donors (Lipinski definition) is 2. The number of aliphatic hydroxyl groups excluding tert-OH is 1. The Bertz CT molecular complexity index is 789. The smallest absolute Gasteiger partial charge is 0.131 e. The van der Waals surface area contributed by atoms with Gasteiger partial charge in [0.15, 0.2) is 0 Å². The first-order valence-corrected chi connectivity index (χ1v) is 6.70. The van der Waals surface area contributed by atoms with E-state index in [9.17, 15) is 9.50 Å². The molecular formula is C17H15FN2O. The van der Waals surface area contributed by atoms with Crippen molar-refractivity contribution in [2.75, 3.05) is 5.73 Å². The van der Waals surface area contributed by atoms with Crippen LogP contribution in [0.2, 0.25) is 0 Å². The summed E-state index contributed by atoms with van der Waals surface area (Å²) in [6.45, 7) is 0. The number of nitrogen functional groups attached to an aromatic ring is 1. The second-order valence-electron chi connectivity index (χ2n) is 4.98. The first-order chi connectivity index (χ1) is 10.2. The number of hydrogen-bond acceptors (Lipinski definition) is 3. The summed E-state index contributed by atoms with van der Waals surface area (Å²) in [6.07, 6.45) is 2.83. The van der Waals surface area contributed by atoms with Crippen molar-refractivity contribution < 1.29 is 9.50 Å². The topological polar surface area (TPSA) is 59.1 Å². The molecule has 0 amide bonds. The second kappa shape index (κ2) is 5.50. The summed E-state index contributed by atoms with van der Waals surface area (Å²) in [4.78, 5) is 4.02. The van der Waals surface area contributed by atoms with Crippen molar-refractivity contribution in [3.8, 4) is 0 Å². The van der Waals surface area contributed by atoms with Gasteiger partial charge in [0.05, 0.1) is 6.10 Å². The largest absolute Gasteiger partial charge is 0.398 e. The van der Waals surface area contributed by atoms with Gasteiger partial charge < -0.3 is 10.8 Å². The Morgan fingerprint density at radius 2 is 1.86 bits per heavy atom. The van der Waals surface area contributed by atoms with Crippen LogP contribution in [-0.2, 0) is 6.42 Å². The molecule has 0 radical (unpaired) electrons. The van der Waals surface area contributed by atoms with E-state index in [4.69, 9.17) is 5.73 Å². The number of rotatable bonds is 3. The van der Waals surface area contributed by atoms with Gasteiger partial charge in [0, 0.05) is 29.9 Å². The molecule has 0 saturated carbocycles. The Morgan fingerprint density at radius 3 is 2.62 bits per heavy atom. The number of halogens is 1. The standard InChI is InChI=1S/C17H15FN2O/c18-15-6-5-14(12-3-1-2-4-13(12)15)17(21)9-11-10-20-8-7-16(11)19/h1-8,10,17,21H,9H2,(H2,19,20). The zero-order valence-electron chi connectivity index (χ0n) is 11.3. The number of aromatic nitrogens is 1. The highest BCUT2D eigenvalue weighted by Gasteiger charge is 2.15. The van der Waals surface area contributed by atoms with Gasteiger partial charge in [0.25, 0.3) is 0 Å². The highest BCUT2D eigenvalue weighted by molar-refractivity contribution is 5.86.